The summed E-state index contributed by atoms with van der Waals surface area (Å²) in [7, 11) is 1.41. The standard InChI is InChI=1S/C2H7O2PS2.Al.3H/c1-4-5(3,6)7-2;;;;/h1-2H3,(H,3,6);;;;. The van der Waals surface area contributed by atoms with Crippen LogP contribution in [0.15, 0.2) is 0 Å². The second-order valence-corrected chi connectivity index (χ2v) is 7.26. The Morgan fingerprint density at radius 3 is 2.12 bits per heavy atom. The van der Waals surface area contributed by atoms with Gasteiger partial charge in [-0.2, -0.15) is 0 Å². The Morgan fingerprint density at radius 1 is 1.75 bits per heavy atom. The molecule has 0 fully saturated rings. The van der Waals surface area contributed by atoms with E-state index in [-0.39, 0.29) is 17.4 Å². The van der Waals surface area contributed by atoms with E-state index in [1.165, 1.54) is 18.5 Å². The predicted molar refractivity (Wildman–Crippen MR) is 47.0 cm³/mol. The fraction of sp³-hybridized carbons (Fsp3) is 1.00. The summed E-state index contributed by atoms with van der Waals surface area (Å²) in [5.41, 5.74) is -2.40. The second-order valence-electron chi connectivity index (χ2n) is 0.834. The molecule has 0 amide bonds. The average Bonchev–Trinajstić information content (AvgIpc) is 1.68. The smallest absolute Gasteiger partial charge is 0.244 e. The molecule has 0 bridgehead atoms. The fourth-order valence-corrected chi connectivity index (χ4v) is 0.671. The zero-order chi connectivity index (χ0) is 5.91. The molecule has 1 N–H and O–H groups in total. The van der Waals surface area contributed by atoms with E-state index >= 15 is 0 Å². The van der Waals surface area contributed by atoms with Gasteiger partial charge in [0, 0.05) is 7.11 Å². The summed E-state index contributed by atoms with van der Waals surface area (Å²) < 4.78 is 4.53. The summed E-state index contributed by atoms with van der Waals surface area (Å²) in [5, 5.41) is 0. The third kappa shape index (κ3) is 5.59. The first-order chi connectivity index (χ1) is 3.12. The molecule has 0 aliphatic carbocycles. The topological polar surface area (TPSA) is 29.5 Å². The van der Waals surface area contributed by atoms with E-state index in [9.17, 15) is 0 Å². The lowest BCUT2D eigenvalue weighted by Gasteiger charge is -2.05. The van der Waals surface area contributed by atoms with Crippen LogP contribution >= 0.6 is 17.1 Å². The van der Waals surface area contributed by atoms with Crippen LogP contribution in [-0.4, -0.2) is 35.6 Å². The Labute approximate surface area is 69.1 Å². The summed E-state index contributed by atoms with van der Waals surface area (Å²) in [6, 6.07) is 0. The molecule has 0 saturated carbocycles. The molecule has 2 nitrogen and oxygen atoms in total. The van der Waals surface area contributed by atoms with Crippen molar-refractivity contribution in [1.82, 2.24) is 0 Å². The molecule has 0 aromatic rings. The molecular weight excluding hydrogens is 178 g/mol. The predicted octanol–water partition coefficient (Wildman–Crippen LogP) is 0.0287. The molecule has 0 aromatic carbocycles. The minimum atomic E-state index is -2.40. The molecule has 0 spiro atoms. The van der Waals surface area contributed by atoms with Crippen LogP contribution in [-0.2, 0) is 16.3 Å². The van der Waals surface area contributed by atoms with Gasteiger partial charge >= 0.3 is 0 Å². The lowest BCUT2D eigenvalue weighted by Crippen LogP contribution is -1.72. The van der Waals surface area contributed by atoms with Gasteiger partial charge in [-0.3, -0.25) is 0 Å². The Bertz CT molecular complexity index is 90.0. The molecule has 0 aromatic heterocycles. The molecule has 0 aliphatic rings. The van der Waals surface area contributed by atoms with Crippen molar-refractivity contribution >= 4 is 46.2 Å². The molecular formula is C2H10AlO2PS2. The van der Waals surface area contributed by atoms with Crippen LogP contribution in [0.5, 0.6) is 0 Å². The number of hydrogen-bond donors (Lipinski definition) is 1. The first-order valence-corrected chi connectivity index (χ1v) is 6.07. The van der Waals surface area contributed by atoms with E-state index in [1.807, 2.05) is 0 Å². The molecule has 1 unspecified atom stereocenters. The van der Waals surface area contributed by atoms with Crippen molar-refractivity contribution in [2.45, 2.75) is 0 Å². The van der Waals surface area contributed by atoms with Gasteiger partial charge in [0.25, 0.3) is 0 Å². The first kappa shape index (κ1) is 12.2. The number of rotatable bonds is 2. The van der Waals surface area contributed by atoms with Crippen LogP contribution in [0.2, 0.25) is 0 Å². The maximum Gasteiger partial charge on any atom is 0.244 e. The highest BCUT2D eigenvalue weighted by molar-refractivity contribution is 8.67. The maximum absolute atomic E-state index is 8.80. The quantitative estimate of drug-likeness (QED) is 0.489. The van der Waals surface area contributed by atoms with Gasteiger partial charge in [0.05, 0.1) is 0 Å². The highest BCUT2D eigenvalue weighted by Crippen LogP contribution is 2.53. The zero-order valence-corrected chi connectivity index (χ0v) is 6.65. The third-order valence-electron chi connectivity index (χ3n) is 0.461. The van der Waals surface area contributed by atoms with Gasteiger partial charge in [-0.05, 0) is 18.1 Å². The molecule has 0 aliphatic heterocycles. The minimum absolute atomic E-state index is 0. The molecule has 0 rings (SSSR count). The van der Waals surface area contributed by atoms with E-state index in [1.54, 1.807) is 6.26 Å². The molecule has 0 radical (unpaired) electrons. The average molecular weight is 188 g/mol. The summed E-state index contributed by atoms with van der Waals surface area (Å²) in [6.07, 6.45) is 1.73. The summed E-state index contributed by atoms with van der Waals surface area (Å²) in [6.45, 7) is 0. The first-order valence-electron chi connectivity index (χ1n) is 1.56. The van der Waals surface area contributed by atoms with Crippen molar-refractivity contribution in [3.05, 3.63) is 0 Å². The highest BCUT2D eigenvalue weighted by Gasteiger charge is 2.05. The van der Waals surface area contributed by atoms with Gasteiger partial charge in [0.15, 0.2) is 17.4 Å². The van der Waals surface area contributed by atoms with Gasteiger partial charge in [-0.15, -0.1) is 0 Å². The van der Waals surface area contributed by atoms with Crippen molar-refractivity contribution in [3.8, 4) is 0 Å². The SMILES string of the molecule is COP(O)(=S)SC.[AlH3]. The lowest BCUT2D eigenvalue weighted by atomic mass is 11.8. The van der Waals surface area contributed by atoms with E-state index in [0.29, 0.717) is 0 Å². The van der Waals surface area contributed by atoms with Crippen molar-refractivity contribution in [1.29, 1.82) is 0 Å². The molecule has 1 atom stereocenters. The van der Waals surface area contributed by atoms with E-state index < -0.39 is 5.69 Å². The van der Waals surface area contributed by atoms with Crippen molar-refractivity contribution in [3.63, 3.8) is 0 Å². The van der Waals surface area contributed by atoms with Gasteiger partial charge in [-0.1, -0.05) is 11.4 Å². The Kier molecular flexibility index (Phi) is 7.99. The Hall–Kier alpha value is 1.45. The summed E-state index contributed by atoms with van der Waals surface area (Å²) >= 11 is 5.74. The minimum Gasteiger partial charge on any atom is -0.337 e. The fourth-order valence-electron chi connectivity index (χ4n) is 0.0745. The molecule has 8 heavy (non-hydrogen) atoms. The van der Waals surface area contributed by atoms with Crippen LogP contribution in [0.4, 0.5) is 0 Å². The maximum atomic E-state index is 8.80. The monoisotopic (exact) mass is 188 g/mol. The zero-order valence-electron chi connectivity index (χ0n) is 4.12. The van der Waals surface area contributed by atoms with E-state index in [4.69, 9.17) is 4.89 Å². The largest absolute Gasteiger partial charge is 0.337 e. The molecule has 50 valence electrons. The van der Waals surface area contributed by atoms with Gasteiger partial charge < -0.3 is 9.42 Å². The van der Waals surface area contributed by atoms with E-state index in [0.717, 1.165) is 0 Å². The third-order valence-corrected chi connectivity index (χ3v) is 5.00. The van der Waals surface area contributed by atoms with Crippen LogP contribution in [0.1, 0.15) is 0 Å². The number of hydrogen-bond acceptors (Lipinski definition) is 3. The Morgan fingerprint density at radius 2 is 2.12 bits per heavy atom. The summed E-state index contributed by atoms with van der Waals surface area (Å²) in [4.78, 5) is 8.80. The highest BCUT2D eigenvalue weighted by atomic mass is 32.9. The summed E-state index contributed by atoms with van der Waals surface area (Å²) in [5.74, 6) is 0. The van der Waals surface area contributed by atoms with Crippen LogP contribution in [0, 0.1) is 0 Å². The van der Waals surface area contributed by atoms with Gasteiger partial charge in [0.1, 0.15) is 0 Å². The normalized spacial score (nSPS) is 16.4. The lowest BCUT2D eigenvalue weighted by molar-refractivity contribution is 0.405. The van der Waals surface area contributed by atoms with Crippen LogP contribution < -0.4 is 0 Å². The van der Waals surface area contributed by atoms with Gasteiger partial charge in [-0.25, -0.2) is 0 Å². The second kappa shape index (κ2) is 5.25. The molecule has 0 saturated heterocycles. The van der Waals surface area contributed by atoms with Gasteiger partial charge in [0.2, 0.25) is 5.69 Å². The van der Waals surface area contributed by atoms with Crippen molar-refractivity contribution < 1.29 is 9.42 Å². The Balaban J connectivity index is 0. The van der Waals surface area contributed by atoms with Crippen LogP contribution in [0.3, 0.4) is 0 Å². The van der Waals surface area contributed by atoms with Crippen molar-refractivity contribution in [2.24, 2.45) is 0 Å². The van der Waals surface area contributed by atoms with Crippen molar-refractivity contribution in [2.75, 3.05) is 13.4 Å². The molecule has 0 heterocycles. The van der Waals surface area contributed by atoms with E-state index in [2.05, 4.69) is 16.3 Å². The van der Waals surface area contributed by atoms with Crippen LogP contribution in [0.25, 0.3) is 0 Å². The molecule has 6 heteroatoms.